The van der Waals surface area contributed by atoms with Crippen LogP contribution in [-0.2, 0) is 4.74 Å². The second kappa shape index (κ2) is 5.63. The number of anilines is 1. The van der Waals surface area contributed by atoms with Gasteiger partial charge in [-0.3, -0.25) is 5.41 Å². The molecular weight excluding hydrogens is 246 g/mol. The molecule has 1 atom stereocenters. The van der Waals surface area contributed by atoms with E-state index in [1.54, 1.807) is 11.8 Å². The van der Waals surface area contributed by atoms with Crippen LogP contribution in [-0.4, -0.2) is 37.9 Å². The van der Waals surface area contributed by atoms with Crippen molar-refractivity contribution in [2.75, 3.05) is 30.9 Å². The van der Waals surface area contributed by atoms with E-state index in [1.165, 1.54) is 0 Å². The Morgan fingerprint density at radius 2 is 2.33 bits per heavy atom. The van der Waals surface area contributed by atoms with E-state index in [9.17, 15) is 0 Å². The molecule has 0 saturated carbocycles. The van der Waals surface area contributed by atoms with E-state index in [0.717, 1.165) is 35.9 Å². The number of nitrogen functional groups attached to an aromatic ring is 1. The van der Waals surface area contributed by atoms with E-state index in [4.69, 9.17) is 15.9 Å². The molecule has 4 nitrogen and oxygen atoms in total. The first-order valence-electron chi connectivity index (χ1n) is 6.01. The van der Waals surface area contributed by atoms with Gasteiger partial charge in [-0.15, -0.1) is 11.8 Å². The van der Waals surface area contributed by atoms with Crippen LogP contribution in [0.3, 0.4) is 0 Å². The summed E-state index contributed by atoms with van der Waals surface area (Å²) in [7, 11) is 0. The lowest BCUT2D eigenvalue weighted by atomic mass is 10.1. The Morgan fingerprint density at radius 1 is 1.56 bits per heavy atom. The number of hydrogen-bond donors (Lipinski definition) is 2. The van der Waals surface area contributed by atoms with Gasteiger partial charge in [0.15, 0.2) is 0 Å². The number of nitrogens with two attached hydrogens (primary N) is 1. The summed E-state index contributed by atoms with van der Waals surface area (Å²) in [6.45, 7) is 4.43. The average Bonchev–Trinajstić information content (AvgIpc) is 2.38. The second-order valence-electron chi connectivity index (χ2n) is 4.39. The minimum absolute atomic E-state index is 0.133. The van der Waals surface area contributed by atoms with Gasteiger partial charge in [-0.05, 0) is 25.3 Å². The Balaban J connectivity index is 2.45. The van der Waals surface area contributed by atoms with E-state index >= 15 is 0 Å². The fourth-order valence-electron chi connectivity index (χ4n) is 2.28. The quantitative estimate of drug-likeness (QED) is 0.498. The number of thioether (sulfide) groups is 1. The van der Waals surface area contributed by atoms with Gasteiger partial charge in [0.2, 0.25) is 0 Å². The van der Waals surface area contributed by atoms with Gasteiger partial charge in [-0.2, -0.15) is 0 Å². The Morgan fingerprint density at radius 3 is 2.94 bits per heavy atom. The van der Waals surface area contributed by atoms with Crippen molar-refractivity contribution in [2.24, 2.45) is 5.73 Å². The predicted octanol–water partition coefficient (Wildman–Crippen LogP) is 1.92. The van der Waals surface area contributed by atoms with Crippen LogP contribution in [0.25, 0.3) is 0 Å². The summed E-state index contributed by atoms with van der Waals surface area (Å²) in [5, 5.41) is 7.81. The third-order valence-electron chi connectivity index (χ3n) is 3.17. The van der Waals surface area contributed by atoms with Crippen LogP contribution in [0.1, 0.15) is 12.5 Å². The van der Waals surface area contributed by atoms with Crippen molar-refractivity contribution >= 4 is 23.3 Å². The van der Waals surface area contributed by atoms with Crippen LogP contribution in [0.15, 0.2) is 23.1 Å². The smallest absolute Gasteiger partial charge is 0.126 e. The van der Waals surface area contributed by atoms with Gasteiger partial charge in [0.25, 0.3) is 0 Å². The third-order valence-corrected chi connectivity index (χ3v) is 3.95. The monoisotopic (exact) mass is 265 g/mol. The molecule has 0 spiro atoms. The third kappa shape index (κ3) is 2.47. The molecule has 1 aliphatic rings. The zero-order valence-electron chi connectivity index (χ0n) is 10.8. The van der Waals surface area contributed by atoms with E-state index in [0.29, 0.717) is 6.04 Å². The van der Waals surface area contributed by atoms with E-state index < -0.39 is 0 Å². The van der Waals surface area contributed by atoms with Crippen molar-refractivity contribution in [1.29, 1.82) is 5.41 Å². The highest BCUT2D eigenvalue weighted by molar-refractivity contribution is 7.98. The van der Waals surface area contributed by atoms with Gasteiger partial charge in [0.05, 0.1) is 18.8 Å². The summed E-state index contributed by atoms with van der Waals surface area (Å²) in [4.78, 5) is 3.33. The number of amidine groups is 1. The van der Waals surface area contributed by atoms with Gasteiger partial charge < -0.3 is 15.4 Å². The van der Waals surface area contributed by atoms with Crippen LogP contribution in [0.5, 0.6) is 0 Å². The van der Waals surface area contributed by atoms with Crippen LogP contribution >= 0.6 is 11.8 Å². The molecule has 0 bridgehead atoms. The molecule has 98 valence electrons. The Kier molecular flexibility index (Phi) is 4.14. The molecule has 2 rings (SSSR count). The van der Waals surface area contributed by atoms with Crippen molar-refractivity contribution in [1.82, 2.24) is 0 Å². The van der Waals surface area contributed by atoms with Gasteiger partial charge in [-0.1, -0.05) is 6.07 Å². The summed E-state index contributed by atoms with van der Waals surface area (Å²) in [5.74, 6) is 0.133. The molecule has 0 aliphatic carbocycles. The Labute approximate surface area is 112 Å². The van der Waals surface area contributed by atoms with Gasteiger partial charge >= 0.3 is 0 Å². The second-order valence-corrected chi connectivity index (χ2v) is 5.23. The largest absolute Gasteiger partial charge is 0.384 e. The number of nitrogens with one attached hydrogen (secondary N) is 1. The Bertz CT molecular complexity index is 450. The standard InChI is InChI=1S/C13H19N3OS/c1-9-8-17-7-6-16(9)10-4-3-5-11(18-2)12(10)13(14)15/h3-5,9H,6-8H2,1-2H3,(H3,14,15). The molecule has 0 radical (unpaired) electrons. The number of ether oxygens (including phenoxy) is 1. The summed E-state index contributed by atoms with van der Waals surface area (Å²) in [6, 6.07) is 6.39. The highest BCUT2D eigenvalue weighted by Crippen LogP contribution is 2.31. The lowest BCUT2D eigenvalue weighted by Crippen LogP contribution is -2.44. The molecule has 1 aromatic carbocycles. The maximum absolute atomic E-state index is 7.81. The SMILES string of the molecule is CSc1cccc(N2CCOCC2C)c1C(=N)N. The first-order valence-corrected chi connectivity index (χ1v) is 7.23. The summed E-state index contributed by atoms with van der Waals surface area (Å²) in [5.41, 5.74) is 7.65. The van der Waals surface area contributed by atoms with Crippen LogP contribution in [0.4, 0.5) is 5.69 Å². The van der Waals surface area contributed by atoms with Gasteiger partial charge in [0.1, 0.15) is 5.84 Å². The molecule has 5 heteroatoms. The number of nitrogens with zero attached hydrogens (tertiary/aromatic N) is 1. The molecule has 1 saturated heterocycles. The van der Waals surface area contributed by atoms with Crippen molar-refractivity contribution < 1.29 is 4.74 Å². The molecule has 1 unspecified atom stereocenters. The van der Waals surface area contributed by atoms with Crippen LogP contribution < -0.4 is 10.6 Å². The zero-order valence-corrected chi connectivity index (χ0v) is 11.6. The van der Waals surface area contributed by atoms with E-state index in [-0.39, 0.29) is 5.84 Å². The van der Waals surface area contributed by atoms with Gasteiger partial charge in [-0.25, -0.2) is 0 Å². The van der Waals surface area contributed by atoms with Crippen molar-refractivity contribution in [3.05, 3.63) is 23.8 Å². The summed E-state index contributed by atoms with van der Waals surface area (Å²) >= 11 is 1.62. The number of hydrogen-bond acceptors (Lipinski definition) is 4. The maximum atomic E-state index is 7.81. The lowest BCUT2D eigenvalue weighted by Gasteiger charge is -2.36. The van der Waals surface area contributed by atoms with Crippen LogP contribution in [0, 0.1) is 5.41 Å². The van der Waals surface area contributed by atoms with Crippen molar-refractivity contribution in [3.8, 4) is 0 Å². The number of morpholine rings is 1. The topological polar surface area (TPSA) is 62.3 Å². The molecule has 0 aromatic heterocycles. The normalized spacial score (nSPS) is 19.9. The van der Waals surface area contributed by atoms with Crippen molar-refractivity contribution in [2.45, 2.75) is 17.9 Å². The zero-order chi connectivity index (χ0) is 13.1. The average molecular weight is 265 g/mol. The van der Waals surface area contributed by atoms with Crippen molar-refractivity contribution in [3.63, 3.8) is 0 Å². The highest BCUT2D eigenvalue weighted by Gasteiger charge is 2.23. The molecule has 3 N–H and O–H groups in total. The van der Waals surface area contributed by atoms with Gasteiger partial charge in [0, 0.05) is 23.2 Å². The first kappa shape index (κ1) is 13.2. The first-order chi connectivity index (χ1) is 8.65. The predicted molar refractivity (Wildman–Crippen MR) is 76.9 cm³/mol. The molecule has 0 amide bonds. The molecule has 1 heterocycles. The summed E-state index contributed by atoms with van der Waals surface area (Å²) < 4.78 is 5.46. The van der Waals surface area contributed by atoms with Crippen LogP contribution in [0.2, 0.25) is 0 Å². The Hall–Kier alpha value is -1.20. The highest BCUT2D eigenvalue weighted by atomic mass is 32.2. The fourth-order valence-corrected chi connectivity index (χ4v) is 2.92. The van der Waals surface area contributed by atoms with E-state index in [1.807, 2.05) is 24.5 Å². The lowest BCUT2D eigenvalue weighted by molar-refractivity contribution is 0.0989. The maximum Gasteiger partial charge on any atom is 0.126 e. The molecular formula is C13H19N3OS. The molecule has 1 fully saturated rings. The van der Waals surface area contributed by atoms with E-state index in [2.05, 4.69) is 11.8 Å². The minimum atomic E-state index is 0.133. The fraction of sp³-hybridized carbons (Fsp3) is 0.462. The number of rotatable bonds is 3. The summed E-state index contributed by atoms with van der Waals surface area (Å²) in [6.07, 6.45) is 2.01. The number of benzene rings is 1. The molecule has 1 aromatic rings. The molecule has 1 aliphatic heterocycles. The minimum Gasteiger partial charge on any atom is -0.384 e. The molecule has 18 heavy (non-hydrogen) atoms.